The molecule has 0 saturated heterocycles. The first-order valence-electron chi connectivity index (χ1n) is 10.9. The minimum Gasteiger partial charge on any atom is -0.490 e. The normalized spacial score (nSPS) is 11.6. The van der Waals surface area contributed by atoms with Crippen molar-refractivity contribution in [2.75, 3.05) is 38.7 Å². The molecule has 4 aromatic rings. The van der Waals surface area contributed by atoms with Gasteiger partial charge in [0.05, 0.1) is 16.8 Å². The van der Waals surface area contributed by atoms with E-state index in [0.717, 1.165) is 34.1 Å². The average molecular weight is 452 g/mol. The molecule has 7 heteroatoms. The number of thiazole rings is 1. The fraction of sp³-hybridized carbons (Fsp3) is 0.360. The number of benzene rings is 2. The monoisotopic (exact) mass is 451 g/mol. The number of nitrogens with zero attached hydrogens (tertiary/aromatic N) is 3. The second-order valence-electron chi connectivity index (χ2n) is 8.21. The first kappa shape index (κ1) is 22.3. The minimum atomic E-state index is -0.184. The summed E-state index contributed by atoms with van der Waals surface area (Å²) in [5.74, 6) is 0.760. The lowest BCUT2D eigenvalue weighted by molar-refractivity contribution is 0.0961. The van der Waals surface area contributed by atoms with Crippen LogP contribution >= 0.6 is 11.3 Å². The summed E-state index contributed by atoms with van der Waals surface area (Å²) in [6.45, 7) is 8.03. The Hall–Kier alpha value is -2.90. The zero-order valence-electron chi connectivity index (χ0n) is 19.3. The number of fused-ring (bicyclic) bond motifs is 2. The van der Waals surface area contributed by atoms with E-state index in [9.17, 15) is 4.79 Å². The molecule has 0 radical (unpaired) electrons. The Kier molecular flexibility index (Phi) is 6.48. The Labute approximate surface area is 192 Å². The molecular formula is C25H29N3O3S. The van der Waals surface area contributed by atoms with Crippen molar-refractivity contribution in [1.29, 1.82) is 0 Å². The smallest absolute Gasteiger partial charge is 0.295 e. The van der Waals surface area contributed by atoms with Crippen LogP contribution in [0.15, 0.2) is 40.8 Å². The van der Waals surface area contributed by atoms with Gasteiger partial charge in [-0.25, -0.2) is 4.98 Å². The molecule has 2 heterocycles. The Morgan fingerprint density at radius 1 is 1.12 bits per heavy atom. The second kappa shape index (κ2) is 9.30. The molecule has 4 rings (SSSR count). The molecule has 0 unspecified atom stereocenters. The number of aromatic nitrogens is 1. The first-order chi connectivity index (χ1) is 15.4. The van der Waals surface area contributed by atoms with Crippen molar-refractivity contribution in [2.45, 2.75) is 27.2 Å². The maximum absolute atomic E-state index is 13.7. The van der Waals surface area contributed by atoms with Gasteiger partial charge in [0, 0.05) is 11.9 Å². The fourth-order valence-corrected chi connectivity index (χ4v) is 4.87. The van der Waals surface area contributed by atoms with Gasteiger partial charge in [0.2, 0.25) is 0 Å². The van der Waals surface area contributed by atoms with Crippen molar-refractivity contribution in [2.24, 2.45) is 0 Å². The first-order valence-corrected chi connectivity index (χ1v) is 11.7. The molecule has 1 amide bonds. The van der Waals surface area contributed by atoms with Gasteiger partial charge >= 0.3 is 0 Å². The molecular weight excluding hydrogens is 422 g/mol. The van der Waals surface area contributed by atoms with Crippen LogP contribution in [0.25, 0.3) is 21.2 Å². The molecule has 168 valence electrons. The van der Waals surface area contributed by atoms with E-state index < -0.39 is 0 Å². The fourth-order valence-electron chi connectivity index (χ4n) is 3.74. The summed E-state index contributed by atoms with van der Waals surface area (Å²) in [4.78, 5) is 22.4. The Balaban J connectivity index is 1.74. The highest BCUT2D eigenvalue weighted by Gasteiger charge is 2.25. The molecule has 0 aliphatic heterocycles. The van der Waals surface area contributed by atoms with Gasteiger partial charge in [-0.15, -0.1) is 0 Å². The zero-order valence-corrected chi connectivity index (χ0v) is 20.1. The second-order valence-corrected chi connectivity index (χ2v) is 9.18. The van der Waals surface area contributed by atoms with Gasteiger partial charge < -0.3 is 14.1 Å². The van der Waals surface area contributed by atoms with Crippen molar-refractivity contribution in [3.05, 3.63) is 53.3 Å². The Bertz CT molecular complexity index is 1220. The van der Waals surface area contributed by atoms with Crippen LogP contribution in [0.3, 0.4) is 0 Å². The number of ether oxygens (including phenoxy) is 1. The lowest BCUT2D eigenvalue weighted by Gasteiger charge is -2.19. The van der Waals surface area contributed by atoms with E-state index in [1.807, 2.05) is 39.2 Å². The number of para-hydroxylation sites is 1. The summed E-state index contributed by atoms with van der Waals surface area (Å²) >= 11 is 1.56. The van der Waals surface area contributed by atoms with Gasteiger partial charge in [-0.2, -0.15) is 0 Å². The highest BCUT2D eigenvalue weighted by molar-refractivity contribution is 7.22. The summed E-state index contributed by atoms with van der Waals surface area (Å²) in [6, 6.07) is 11.7. The minimum absolute atomic E-state index is 0.184. The van der Waals surface area contributed by atoms with Gasteiger partial charge in [-0.3, -0.25) is 9.69 Å². The molecule has 0 saturated carbocycles. The number of rotatable bonds is 8. The van der Waals surface area contributed by atoms with Crippen LogP contribution in [-0.4, -0.2) is 49.6 Å². The topological polar surface area (TPSA) is 58.8 Å². The molecule has 0 aliphatic rings. The van der Waals surface area contributed by atoms with Crippen LogP contribution in [0.5, 0.6) is 5.75 Å². The molecule has 0 aliphatic carbocycles. The van der Waals surface area contributed by atoms with Crippen molar-refractivity contribution in [3.8, 4) is 5.75 Å². The van der Waals surface area contributed by atoms with Gasteiger partial charge in [0.15, 0.2) is 22.2 Å². The number of furan rings is 1. The van der Waals surface area contributed by atoms with Gasteiger partial charge in [-0.1, -0.05) is 35.6 Å². The van der Waals surface area contributed by atoms with Crippen LogP contribution in [0, 0.1) is 13.8 Å². The third kappa shape index (κ3) is 4.36. The average Bonchev–Trinajstić information content (AvgIpc) is 3.40. The number of hydrogen-bond acceptors (Lipinski definition) is 6. The van der Waals surface area contributed by atoms with E-state index in [1.54, 1.807) is 22.3 Å². The van der Waals surface area contributed by atoms with Crippen LogP contribution < -0.4 is 9.64 Å². The van der Waals surface area contributed by atoms with Crippen molar-refractivity contribution in [3.63, 3.8) is 0 Å². The van der Waals surface area contributed by atoms with Crippen LogP contribution in [-0.2, 0) is 0 Å². The molecule has 0 bridgehead atoms. The molecule has 2 aromatic carbocycles. The Morgan fingerprint density at radius 2 is 1.91 bits per heavy atom. The quantitative estimate of drug-likeness (QED) is 0.346. The predicted octanol–water partition coefficient (Wildman–Crippen LogP) is 5.66. The number of carbonyl (C=O) groups is 1. The standard InChI is InChI=1S/C25H29N3O3S/c1-6-30-19-10-7-9-18-15-20(31-22(18)19)24(29)28(14-8-13-27(4)5)25-26-21-16(2)11-12-17(3)23(21)32-25/h7,9-12,15H,6,8,13-14H2,1-5H3. The van der Waals surface area contributed by atoms with E-state index in [-0.39, 0.29) is 5.91 Å². The summed E-state index contributed by atoms with van der Waals surface area (Å²) in [6.07, 6.45) is 0.830. The van der Waals surface area contributed by atoms with Gasteiger partial charge in [0.1, 0.15) is 0 Å². The summed E-state index contributed by atoms with van der Waals surface area (Å²) in [7, 11) is 4.07. The van der Waals surface area contributed by atoms with Gasteiger partial charge in [0.25, 0.3) is 5.91 Å². The molecule has 6 nitrogen and oxygen atoms in total. The number of amides is 1. The van der Waals surface area contributed by atoms with Crippen LogP contribution in [0.4, 0.5) is 5.13 Å². The lowest BCUT2D eigenvalue weighted by Crippen LogP contribution is -2.33. The predicted molar refractivity (Wildman–Crippen MR) is 131 cm³/mol. The molecule has 2 aromatic heterocycles. The van der Waals surface area contributed by atoms with E-state index >= 15 is 0 Å². The van der Waals surface area contributed by atoms with Crippen LogP contribution in [0.1, 0.15) is 35.0 Å². The third-order valence-electron chi connectivity index (χ3n) is 5.41. The van der Waals surface area contributed by atoms with E-state index in [4.69, 9.17) is 14.1 Å². The van der Waals surface area contributed by atoms with E-state index in [1.165, 1.54) is 5.56 Å². The maximum Gasteiger partial charge on any atom is 0.295 e. The van der Waals surface area contributed by atoms with Crippen molar-refractivity contribution < 1.29 is 13.9 Å². The highest BCUT2D eigenvalue weighted by atomic mass is 32.1. The molecule has 0 spiro atoms. The number of aryl methyl sites for hydroxylation is 2. The molecule has 0 fully saturated rings. The SMILES string of the molecule is CCOc1cccc2cc(C(=O)N(CCCN(C)C)c3nc4c(C)ccc(C)c4s3)oc12. The van der Waals surface area contributed by atoms with Crippen molar-refractivity contribution in [1.82, 2.24) is 9.88 Å². The summed E-state index contributed by atoms with van der Waals surface area (Å²) < 4.78 is 12.8. The largest absolute Gasteiger partial charge is 0.490 e. The molecule has 0 N–H and O–H groups in total. The summed E-state index contributed by atoms with van der Waals surface area (Å²) in [5, 5.41) is 1.55. The Morgan fingerprint density at radius 3 is 2.62 bits per heavy atom. The zero-order chi connectivity index (χ0) is 22.8. The highest BCUT2D eigenvalue weighted by Crippen LogP contribution is 2.35. The van der Waals surface area contributed by atoms with Gasteiger partial charge in [-0.05, 0) is 71.1 Å². The van der Waals surface area contributed by atoms with E-state index in [0.29, 0.717) is 35.4 Å². The van der Waals surface area contributed by atoms with Crippen molar-refractivity contribution >= 4 is 43.6 Å². The lowest BCUT2D eigenvalue weighted by atomic mass is 10.1. The van der Waals surface area contributed by atoms with Crippen LogP contribution in [0.2, 0.25) is 0 Å². The number of carbonyl (C=O) groups excluding carboxylic acids is 1. The molecule has 0 atom stereocenters. The van der Waals surface area contributed by atoms with E-state index in [2.05, 4.69) is 30.9 Å². The summed E-state index contributed by atoms with van der Waals surface area (Å²) in [5.41, 5.74) is 3.83. The third-order valence-corrected chi connectivity index (χ3v) is 6.63. The molecule has 32 heavy (non-hydrogen) atoms. The number of anilines is 1. The number of hydrogen-bond donors (Lipinski definition) is 0. The maximum atomic E-state index is 13.7.